The Balaban J connectivity index is 2.08. The minimum absolute atomic E-state index is 0.147. The molecule has 0 unspecified atom stereocenters. The molecule has 0 saturated carbocycles. The zero-order chi connectivity index (χ0) is 17.3. The number of hydrogen-bond acceptors (Lipinski definition) is 4. The van der Waals surface area contributed by atoms with Crippen LogP contribution in [0.15, 0.2) is 31.0 Å². The molecule has 128 valence electrons. The van der Waals surface area contributed by atoms with Crippen molar-refractivity contribution in [3.8, 4) is 0 Å². The molecule has 1 aliphatic heterocycles. The molecule has 1 fully saturated rings. The third-order valence-electron chi connectivity index (χ3n) is 4.30. The first-order valence-corrected chi connectivity index (χ1v) is 8.32. The van der Waals surface area contributed by atoms with Gasteiger partial charge in [0, 0.05) is 24.8 Å². The van der Waals surface area contributed by atoms with Crippen LogP contribution in [0.25, 0.3) is 11.2 Å². The summed E-state index contributed by atoms with van der Waals surface area (Å²) in [5.41, 5.74) is 4.31. The summed E-state index contributed by atoms with van der Waals surface area (Å²) in [4.78, 5) is 14.7. The largest absolute Gasteiger partial charge is 0.459 e. The monoisotopic (exact) mass is 328 g/mol. The number of aromatic nitrogens is 1. The van der Waals surface area contributed by atoms with Gasteiger partial charge in [0.15, 0.2) is 0 Å². The Kier molecular flexibility index (Phi) is 4.62. The lowest BCUT2D eigenvalue weighted by molar-refractivity contribution is 0.0377. The van der Waals surface area contributed by atoms with Crippen LogP contribution in [-0.4, -0.2) is 47.7 Å². The van der Waals surface area contributed by atoms with Crippen LogP contribution >= 0.6 is 0 Å². The molecule has 0 atom stereocenters. The number of esters is 1. The van der Waals surface area contributed by atoms with Gasteiger partial charge in [-0.3, -0.25) is 0 Å². The number of rotatable bonds is 4. The maximum Gasteiger partial charge on any atom is 0.338 e. The number of carbonyl (C=O) groups excluding carboxylic acids is 1. The van der Waals surface area contributed by atoms with Crippen LogP contribution in [0.2, 0.25) is 0 Å². The van der Waals surface area contributed by atoms with Gasteiger partial charge in [-0.2, -0.15) is 0 Å². The molecule has 5 heteroatoms. The molecule has 0 amide bonds. The van der Waals surface area contributed by atoms with Crippen LogP contribution in [-0.2, 0) is 9.47 Å². The van der Waals surface area contributed by atoms with E-state index in [1.54, 1.807) is 0 Å². The third-order valence-corrected chi connectivity index (χ3v) is 4.30. The summed E-state index contributed by atoms with van der Waals surface area (Å²) >= 11 is 0. The molecular weight excluding hydrogens is 304 g/mol. The van der Waals surface area contributed by atoms with Gasteiger partial charge in [0.1, 0.15) is 0 Å². The number of hydrogen-bond donors (Lipinski definition) is 0. The van der Waals surface area contributed by atoms with Gasteiger partial charge in [0.2, 0.25) is 0 Å². The van der Waals surface area contributed by atoms with Crippen LogP contribution in [0, 0.1) is 6.92 Å². The van der Waals surface area contributed by atoms with Crippen molar-refractivity contribution in [1.29, 1.82) is 0 Å². The lowest BCUT2D eigenvalue weighted by atomic mass is 10.0. The van der Waals surface area contributed by atoms with Crippen molar-refractivity contribution in [2.75, 3.05) is 26.3 Å². The van der Waals surface area contributed by atoms with E-state index in [4.69, 9.17) is 9.47 Å². The predicted molar refractivity (Wildman–Crippen MR) is 94.1 cm³/mol. The predicted octanol–water partition coefficient (Wildman–Crippen LogP) is 3.12. The van der Waals surface area contributed by atoms with Crippen molar-refractivity contribution in [1.82, 2.24) is 9.30 Å². The van der Waals surface area contributed by atoms with Crippen molar-refractivity contribution in [3.05, 3.63) is 47.8 Å². The molecule has 3 heterocycles. The number of pyridine rings is 1. The fourth-order valence-electron chi connectivity index (χ4n) is 3.11. The molecule has 3 rings (SSSR count). The highest BCUT2D eigenvalue weighted by Crippen LogP contribution is 2.27. The Morgan fingerprint density at radius 2 is 2.04 bits per heavy atom. The van der Waals surface area contributed by atoms with Crippen molar-refractivity contribution in [2.45, 2.75) is 26.9 Å². The normalized spacial score (nSPS) is 15.1. The highest BCUT2D eigenvalue weighted by atomic mass is 16.5. The first-order valence-electron chi connectivity index (χ1n) is 8.32. The summed E-state index contributed by atoms with van der Waals surface area (Å²) in [6.45, 7) is 13.0. The Morgan fingerprint density at radius 3 is 2.71 bits per heavy atom. The first kappa shape index (κ1) is 16.6. The summed E-state index contributed by atoms with van der Waals surface area (Å²) in [5.74, 6) is -0.290. The van der Waals surface area contributed by atoms with Crippen LogP contribution in [0.4, 0.5) is 0 Å². The molecule has 1 saturated heterocycles. The molecule has 0 bridgehead atoms. The van der Waals surface area contributed by atoms with E-state index >= 15 is 0 Å². The van der Waals surface area contributed by atoms with E-state index in [1.165, 1.54) is 0 Å². The average Bonchev–Trinajstić information content (AvgIpc) is 3.01. The molecule has 1 aliphatic rings. The quantitative estimate of drug-likeness (QED) is 0.809. The van der Waals surface area contributed by atoms with Crippen molar-refractivity contribution in [3.63, 3.8) is 0 Å². The SMILES string of the molecule is C=C(c1c(C)c(C(=O)OC(C)C)cc2cccn12)N1CCOCC1. The summed E-state index contributed by atoms with van der Waals surface area (Å²) in [5, 5.41) is 0. The van der Waals surface area contributed by atoms with Gasteiger partial charge in [0.25, 0.3) is 0 Å². The molecule has 0 spiro atoms. The zero-order valence-corrected chi connectivity index (χ0v) is 14.5. The highest BCUT2D eigenvalue weighted by Gasteiger charge is 2.22. The second kappa shape index (κ2) is 6.69. The smallest absolute Gasteiger partial charge is 0.338 e. The second-order valence-corrected chi connectivity index (χ2v) is 6.33. The van der Waals surface area contributed by atoms with Crippen molar-refractivity contribution >= 4 is 17.2 Å². The van der Waals surface area contributed by atoms with Crippen LogP contribution < -0.4 is 0 Å². The fourth-order valence-corrected chi connectivity index (χ4v) is 3.11. The standard InChI is InChI=1S/C19H24N2O3/c1-13(2)24-19(22)17-12-16-6-5-7-21(16)18(14(17)3)15(4)20-8-10-23-11-9-20/h5-7,12-13H,4,8-11H2,1-3H3. The van der Waals surface area contributed by atoms with Crippen molar-refractivity contribution in [2.24, 2.45) is 0 Å². The second-order valence-electron chi connectivity index (χ2n) is 6.33. The molecule has 0 N–H and O–H groups in total. The molecule has 2 aromatic heterocycles. The topological polar surface area (TPSA) is 43.2 Å². The minimum atomic E-state index is -0.290. The molecule has 24 heavy (non-hydrogen) atoms. The van der Waals surface area contributed by atoms with E-state index in [0.717, 1.165) is 35.6 Å². The Morgan fingerprint density at radius 1 is 1.33 bits per heavy atom. The van der Waals surface area contributed by atoms with E-state index in [9.17, 15) is 4.79 Å². The van der Waals surface area contributed by atoms with E-state index in [1.807, 2.05) is 45.2 Å². The summed E-state index contributed by atoms with van der Waals surface area (Å²) in [6.07, 6.45) is 1.85. The number of fused-ring (bicyclic) bond motifs is 1. The summed E-state index contributed by atoms with van der Waals surface area (Å²) in [7, 11) is 0. The molecule has 0 aromatic carbocycles. The number of morpholine rings is 1. The first-order chi connectivity index (χ1) is 11.5. The third kappa shape index (κ3) is 3.04. The highest BCUT2D eigenvalue weighted by molar-refractivity contribution is 5.94. The van der Waals surface area contributed by atoms with Gasteiger partial charge >= 0.3 is 5.97 Å². The number of ether oxygens (including phenoxy) is 2. The number of carbonyl (C=O) groups is 1. The average molecular weight is 328 g/mol. The van der Waals surface area contributed by atoms with Gasteiger partial charge in [-0.25, -0.2) is 4.79 Å². The van der Waals surface area contributed by atoms with E-state index in [-0.39, 0.29) is 12.1 Å². The van der Waals surface area contributed by atoms with Gasteiger partial charge in [-0.05, 0) is 44.5 Å². The maximum absolute atomic E-state index is 12.5. The lowest BCUT2D eigenvalue weighted by Gasteiger charge is -2.31. The zero-order valence-electron chi connectivity index (χ0n) is 14.5. The maximum atomic E-state index is 12.5. The molecule has 5 nitrogen and oxygen atoms in total. The molecule has 2 aromatic rings. The number of nitrogens with zero attached hydrogens (tertiary/aromatic N) is 2. The van der Waals surface area contributed by atoms with Gasteiger partial charge in [0.05, 0.1) is 36.3 Å². The van der Waals surface area contributed by atoms with Gasteiger partial charge in [-0.1, -0.05) is 6.58 Å². The lowest BCUT2D eigenvalue weighted by Crippen LogP contribution is -2.35. The van der Waals surface area contributed by atoms with E-state index in [0.29, 0.717) is 18.8 Å². The van der Waals surface area contributed by atoms with Gasteiger partial charge in [-0.15, -0.1) is 0 Å². The Labute approximate surface area is 142 Å². The minimum Gasteiger partial charge on any atom is -0.459 e. The fraction of sp³-hybridized carbons (Fsp3) is 0.421. The van der Waals surface area contributed by atoms with Gasteiger partial charge < -0.3 is 18.8 Å². The molecular formula is C19H24N2O3. The summed E-state index contributed by atoms with van der Waals surface area (Å²) in [6, 6.07) is 5.85. The Hall–Kier alpha value is -2.27. The molecule has 0 aliphatic carbocycles. The Bertz CT molecular complexity index is 770. The van der Waals surface area contributed by atoms with Crippen LogP contribution in [0.1, 0.15) is 35.5 Å². The molecule has 0 radical (unpaired) electrons. The van der Waals surface area contributed by atoms with Crippen LogP contribution in [0.3, 0.4) is 0 Å². The van der Waals surface area contributed by atoms with E-state index in [2.05, 4.69) is 15.9 Å². The van der Waals surface area contributed by atoms with Crippen LogP contribution in [0.5, 0.6) is 0 Å². The van der Waals surface area contributed by atoms with Crippen molar-refractivity contribution < 1.29 is 14.3 Å². The van der Waals surface area contributed by atoms with E-state index < -0.39 is 0 Å². The summed E-state index contributed by atoms with van der Waals surface area (Å²) < 4.78 is 12.9.